The molecule has 0 saturated carbocycles. The smallest absolute Gasteiger partial charge is 0.243 e. The zero-order chi connectivity index (χ0) is 19.6. The lowest BCUT2D eigenvalue weighted by molar-refractivity contribution is -0.137. The lowest BCUT2D eigenvalue weighted by atomic mass is 10.0. The molecule has 2 N–H and O–H groups in total. The molecule has 1 heterocycles. The summed E-state index contributed by atoms with van der Waals surface area (Å²) in [6, 6.07) is 5.42. The number of hydrogen-bond acceptors (Lipinski definition) is 6. The number of nitrogens with zero attached hydrogens (tertiary/aromatic N) is 1. The molecule has 0 radical (unpaired) electrons. The summed E-state index contributed by atoms with van der Waals surface area (Å²) >= 11 is 1.76. The Balaban J connectivity index is 2.02. The molecule has 6 nitrogen and oxygen atoms in total. The molecule has 1 unspecified atom stereocenters. The van der Waals surface area contributed by atoms with E-state index in [2.05, 4.69) is 10.6 Å². The minimum Gasteiger partial charge on any atom is -0.320 e. The van der Waals surface area contributed by atoms with Gasteiger partial charge in [-0.05, 0) is 57.3 Å². The summed E-state index contributed by atoms with van der Waals surface area (Å²) in [7, 11) is 3.83. The number of thioether (sulfide) groups is 1. The van der Waals surface area contributed by atoms with E-state index in [0.717, 1.165) is 41.9 Å². The van der Waals surface area contributed by atoms with Crippen molar-refractivity contribution in [3.63, 3.8) is 0 Å². The first kappa shape index (κ1) is 21.6. The van der Waals surface area contributed by atoms with Crippen LogP contribution in [0.1, 0.15) is 48.0 Å². The number of aldehydes is 1. The fraction of sp³-hybridized carbons (Fsp3) is 0.550. The van der Waals surface area contributed by atoms with Crippen LogP contribution < -0.4 is 10.6 Å². The van der Waals surface area contributed by atoms with E-state index >= 15 is 0 Å². The summed E-state index contributed by atoms with van der Waals surface area (Å²) in [5.41, 5.74) is 1.62. The third-order valence-electron chi connectivity index (χ3n) is 4.77. The molecule has 1 fully saturated rings. The van der Waals surface area contributed by atoms with Gasteiger partial charge < -0.3 is 5.32 Å². The van der Waals surface area contributed by atoms with Gasteiger partial charge in [0.05, 0.1) is 6.04 Å². The Morgan fingerprint density at radius 3 is 2.81 bits per heavy atom. The summed E-state index contributed by atoms with van der Waals surface area (Å²) in [6.07, 6.45) is 5.20. The van der Waals surface area contributed by atoms with Gasteiger partial charge >= 0.3 is 0 Å². The van der Waals surface area contributed by atoms with Gasteiger partial charge in [-0.2, -0.15) is 0 Å². The molecule has 2 rings (SSSR count). The van der Waals surface area contributed by atoms with Gasteiger partial charge in [0.15, 0.2) is 0 Å². The molecule has 27 heavy (non-hydrogen) atoms. The van der Waals surface area contributed by atoms with Gasteiger partial charge in [-0.3, -0.25) is 24.6 Å². The molecule has 1 aliphatic heterocycles. The van der Waals surface area contributed by atoms with Crippen molar-refractivity contribution in [2.75, 3.05) is 26.4 Å². The van der Waals surface area contributed by atoms with Gasteiger partial charge in [0.1, 0.15) is 6.29 Å². The highest BCUT2D eigenvalue weighted by atomic mass is 32.2. The third kappa shape index (κ3) is 6.45. The Kier molecular flexibility index (Phi) is 8.97. The second kappa shape index (κ2) is 11.2. The van der Waals surface area contributed by atoms with Crippen LogP contribution >= 0.6 is 11.8 Å². The van der Waals surface area contributed by atoms with Crippen LogP contribution in [0.3, 0.4) is 0 Å². The standard InChI is InChI=1S/C20H29N3O3S/c1-21-11-4-3-5-12-27-18-8-6-7-15(14-24)16(18)13-23(2)17-9-10-19(25)22-20(17)26/h6-8,14,17,21H,3-5,9-13H2,1-2H3,(H,22,25,26). The average Bonchev–Trinajstić information content (AvgIpc) is 2.65. The summed E-state index contributed by atoms with van der Waals surface area (Å²) < 4.78 is 0. The number of benzene rings is 1. The second-order valence-electron chi connectivity index (χ2n) is 6.84. The predicted molar refractivity (Wildman–Crippen MR) is 108 cm³/mol. The number of amides is 2. The van der Waals surface area contributed by atoms with Crippen molar-refractivity contribution in [1.29, 1.82) is 0 Å². The highest BCUT2D eigenvalue weighted by molar-refractivity contribution is 7.99. The van der Waals surface area contributed by atoms with E-state index in [1.54, 1.807) is 11.8 Å². The number of carbonyl (C=O) groups excluding carboxylic acids is 3. The monoisotopic (exact) mass is 391 g/mol. The van der Waals surface area contributed by atoms with E-state index in [1.165, 1.54) is 6.42 Å². The van der Waals surface area contributed by atoms with Gasteiger partial charge in [0, 0.05) is 23.4 Å². The summed E-state index contributed by atoms with van der Waals surface area (Å²) in [5.74, 6) is 0.532. The molecule has 0 aromatic heterocycles. The summed E-state index contributed by atoms with van der Waals surface area (Å²) in [6.45, 7) is 1.54. The molecule has 1 atom stereocenters. The predicted octanol–water partition coefficient (Wildman–Crippen LogP) is 2.22. The summed E-state index contributed by atoms with van der Waals surface area (Å²) in [4.78, 5) is 38.0. The van der Waals surface area contributed by atoms with Crippen molar-refractivity contribution in [1.82, 2.24) is 15.5 Å². The zero-order valence-electron chi connectivity index (χ0n) is 16.1. The molecule has 1 aromatic carbocycles. The van der Waals surface area contributed by atoms with E-state index in [4.69, 9.17) is 0 Å². The van der Waals surface area contributed by atoms with E-state index in [0.29, 0.717) is 24.9 Å². The van der Waals surface area contributed by atoms with Gasteiger partial charge in [-0.15, -0.1) is 11.8 Å². The number of likely N-dealkylation sites (N-methyl/N-ethyl adjacent to an activating group) is 1. The van der Waals surface area contributed by atoms with Crippen molar-refractivity contribution in [3.8, 4) is 0 Å². The number of nitrogens with one attached hydrogen (secondary N) is 2. The topological polar surface area (TPSA) is 78.5 Å². The average molecular weight is 392 g/mol. The van der Waals surface area contributed by atoms with Crippen molar-refractivity contribution in [2.24, 2.45) is 0 Å². The van der Waals surface area contributed by atoms with Gasteiger partial charge in [-0.1, -0.05) is 18.6 Å². The van der Waals surface area contributed by atoms with Crippen molar-refractivity contribution < 1.29 is 14.4 Å². The Bertz CT molecular complexity index is 666. The fourth-order valence-electron chi connectivity index (χ4n) is 3.22. The van der Waals surface area contributed by atoms with Crippen molar-refractivity contribution >= 4 is 29.9 Å². The number of carbonyl (C=O) groups is 3. The molecular weight excluding hydrogens is 362 g/mol. The van der Waals surface area contributed by atoms with Crippen LogP contribution in [0.4, 0.5) is 0 Å². The van der Waals surface area contributed by atoms with Crippen LogP contribution in [0, 0.1) is 0 Å². The van der Waals surface area contributed by atoms with E-state index in [1.807, 2.05) is 37.2 Å². The normalized spacial score (nSPS) is 17.2. The minimum absolute atomic E-state index is 0.215. The SMILES string of the molecule is CNCCCCCSc1cccc(C=O)c1CN(C)C1CCC(=O)NC1=O. The number of hydrogen-bond donors (Lipinski definition) is 2. The van der Waals surface area contributed by atoms with E-state index in [9.17, 15) is 14.4 Å². The highest BCUT2D eigenvalue weighted by Crippen LogP contribution is 2.28. The lowest BCUT2D eigenvalue weighted by Crippen LogP contribution is -2.51. The molecular formula is C20H29N3O3S. The Morgan fingerprint density at radius 1 is 1.30 bits per heavy atom. The van der Waals surface area contributed by atoms with Crippen LogP contribution in [0.5, 0.6) is 0 Å². The minimum atomic E-state index is -0.346. The van der Waals surface area contributed by atoms with E-state index < -0.39 is 0 Å². The van der Waals surface area contributed by atoms with Gasteiger partial charge in [-0.25, -0.2) is 0 Å². The van der Waals surface area contributed by atoms with Crippen molar-refractivity contribution in [2.45, 2.75) is 49.6 Å². The second-order valence-corrected chi connectivity index (χ2v) is 7.97. The van der Waals surface area contributed by atoms with Crippen LogP contribution in [-0.2, 0) is 16.1 Å². The van der Waals surface area contributed by atoms with Crippen LogP contribution in [0.15, 0.2) is 23.1 Å². The molecule has 7 heteroatoms. The molecule has 1 saturated heterocycles. The molecule has 2 amide bonds. The van der Waals surface area contributed by atoms with Crippen LogP contribution in [0.2, 0.25) is 0 Å². The van der Waals surface area contributed by atoms with Crippen molar-refractivity contribution in [3.05, 3.63) is 29.3 Å². The Morgan fingerprint density at radius 2 is 2.11 bits per heavy atom. The fourth-order valence-corrected chi connectivity index (χ4v) is 4.32. The number of imide groups is 1. The van der Waals surface area contributed by atoms with Gasteiger partial charge in [0.2, 0.25) is 11.8 Å². The molecule has 0 bridgehead atoms. The Labute approximate surface area is 165 Å². The molecule has 0 spiro atoms. The zero-order valence-corrected chi connectivity index (χ0v) is 16.9. The van der Waals surface area contributed by atoms with Gasteiger partial charge in [0.25, 0.3) is 0 Å². The Hall–Kier alpha value is -1.70. The maximum absolute atomic E-state index is 12.1. The van der Waals surface area contributed by atoms with Crippen LogP contribution in [0.25, 0.3) is 0 Å². The van der Waals surface area contributed by atoms with E-state index in [-0.39, 0.29) is 17.9 Å². The lowest BCUT2D eigenvalue weighted by Gasteiger charge is -2.30. The summed E-state index contributed by atoms with van der Waals surface area (Å²) in [5, 5.41) is 5.55. The van der Waals surface area contributed by atoms with Crippen LogP contribution in [-0.4, -0.2) is 55.4 Å². The first-order chi connectivity index (χ1) is 13.1. The molecule has 1 aromatic rings. The number of rotatable bonds is 11. The number of unbranched alkanes of at least 4 members (excludes halogenated alkanes) is 2. The number of piperidine rings is 1. The molecule has 0 aliphatic carbocycles. The first-order valence-corrected chi connectivity index (χ1v) is 10.4. The maximum Gasteiger partial charge on any atom is 0.243 e. The highest BCUT2D eigenvalue weighted by Gasteiger charge is 2.30. The molecule has 1 aliphatic rings. The maximum atomic E-state index is 12.1. The largest absolute Gasteiger partial charge is 0.320 e. The third-order valence-corrected chi connectivity index (χ3v) is 5.96. The quantitative estimate of drug-likeness (QED) is 0.261. The molecule has 148 valence electrons. The first-order valence-electron chi connectivity index (χ1n) is 9.45.